The van der Waals surface area contributed by atoms with Crippen molar-refractivity contribution in [3.8, 4) is 0 Å². The highest BCUT2D eigenvalue weighted by Gasteiger charge is 2.15. The van der Waals surface area contributed by atoms with Crippen LogP contribution in [0.4, 0.5) is 5.88 Å². The third kappa shape index (κ3) is 2.04. The average Bonchev–Trinajstić information content (AvgIpc) is 2.56. The van der Waals surface area contributed by atoms with E-state index in [-0.39, 0.29) is 0 Å². The Kier molecular flexibility index (Phi) is 2.54. The van der Waals surface area contributed by atoms with Gasteiger partial charge < -0.3 is 14.6 Å². The van der Waals surface area contributed by atoms with Crippen LogP contribution in [0.1, 0.15) is 6.92 Å². The first kappa shape index (κ1) is 8.63. The quantitative estimate of drug-likeness (QED) is 0.706. The fraction of sp³-hybridized carbons (Fsp3) is 0.600. The smallest absolute Gasteiger partial charge is 0.195 e. The maximum absolute atomic E-state index is 5.38. The molecule has 1 N–H and O–H groups in total. The van der Waals surface area contributed by atoms with Crippen LogP contribution in [0.2, 0.25) is 0 Å². The van der Waals surface area contributed by atoms with E-state index >= 15 is 0 Å². The van der Waals surface area contributed by atoms with E-state index in [1.807, 2.05) is 12.1 Å². The number of nitrogens with one attached hydrogen (secondary N) is 1. The summed E-state index contributed by atoms with van der Waals surface area (Å²) in [5.41, 5.74) is 0. The van der Waals surface area contributed by atoms with Crippen LogP contribution in [0.15, 0.2) is 22.8 Å². The van der Waals surface area contributed by atoms with Crippen LogP contribution in [-0.4, -0.2) is 26.2 Å². The van der Waals surface area contributed by atoms with Gasteiger partial charge in [-0.3, -0.25) is 0 Å². The number of furan rings is 1. The Bertz CT molecular complexity index is 245. The Balaban J connectivity index is 2.05. The zero-order chi connectivity index (χ0) is 9.10. The maximum Gasteiger partial charge on any atom is 0.195 e. The van der Waals surface area contributed by atoms with Gasteiger partial charge in [-0.25, -0.2) is 0 Å². The Morgan fingerprint density at radius 2 is 2.54 bits per heavy atom. The van der Waals surface area contributed by atoms with Gasteiger partial charge in [-0.05, 0) is 18.5 Å². The van der Waals surface area contributed by atoms with Crippen LogP contribution in [0, 0.1) is 5.92 Å². The molecule has 3 heteroatoms. The number of nitrogens with zero attached hydrogens (tertiary/aromatic N) is 1. The van der Waals surface area contributed by atoms with Crippen LogP contribution < -0.4 is 10.2 Å². The fourth-order valence-electron chi connectivity index (χ4n) is 1.74. The summed E-state index contributed by atoms with van der Waals surface area (Å²) in [6, 6.07) is 3.97. The summed E-state index contributed by atoms with van der Waals surface area (Å²) in [4.78, 5) is 2.30. The second kappa shape index (κ2) is 3.83. The van der Waals surface area contributed by atoms with Crippen molar-refractivity contribution < 1.29 is 4.42 Å². The summed E-state index contributed by atoms with van der Waals surface area (Å²) in [5.74, 6) is 1.68. The van der Waals surface area contributed by atoms with Crippen LogP contribution in [0.25, 0.3) is 0 Å². The first-order chi connectivity index (χ1) is 6.36. The second-order valence-corrected chi connectivity index (χ2v) is 3.71. The van der Waals surface area contributed by atoms with Crippen molar-refractivity contribution in [3.63, 3.8) is 0 Å². The van der Waals surface area contributed by atoms with Gasteiger partial charge in [0.25, 0.3) is 0 Å². The van der Waals surface area contributed by atoms with E-state index in [9.17, 15) is 0 Å². The molecule has 0 aromatic carbocycles. The summed E-state index contributed by atoms with van der Waals surface area (Å²) in [7, 11) is 0. The molecular formula is C10H16N2O. The predicted octanol–water partition coefficient (Wildman–Crippen LogP) is 1.33. The average molecular weight is 180 g/mol. The minimum absolute atomic E-state index is 0.688. The molecule has 1 aliphatic heterocycles. The minimum Gasteiger partial charge on any atom is -0.449 e. The van der Waals surface area contributed by atoms with Gasteiger partial charge >= 0.3 is 0 Å². The Hall–Kier alpha value is -0.960. The molecule has 3 nitrogen and oxygen atoms in total. The van der Waals surface area contributed by atoms with E-state index in [1.54, 1.807) is 6.26 Å². The van der Waals surface area contributed by atoms with E-state index in [0.717, 1.165) is 32.1 Å². The first-order valence-electron chi connectivity index (χ1n) is 4.85. The lowest BCUT2D eigenvalue weighted by atomic mass is 10.2. The standard InChI is InChI=1S/C10H16N2O/c1-9-7-11-4-5-12(8-9)10-3-2-6-13-10/h2-3,6,9,11H,4-5,7-8H2,1H3. The molecular weight excluding hydrogens is 164 g/mol. The van der Waals surface area contributed by atoms with E-state index in [0.29, 0.717) is 5.92 Å². The van der Waals surface area contributed by atoms with E-state index in [4.69, 9.17) is 4.42 Å². The molecule has 2 heterocycles. The monoisotopic (exact) mass is 180 g/mol. The highest BCUT2D eigenvalue weighted by atomic mass is 16.3. The van der Waals surface area contributed by atoms with Crippen LogP contribution in [-0.2, 0) is 0 Å². The van der Waals surface area contributed by atoms with Crippen LogP contribution in [0.5, 0.6) is 0 Å². The topological polar surface area (TPSA) is 28.4 Å². The van der Waals surface area contributed by atoms with Gasteiger partial charge in [0.2, 0.25) is 0 Å². The summed E-state index contributed by atoms with van der Waals surface area (Å²) < 4.78 is 5.38. The molecule has 1 unspecified atom stereocenters. The zero-order valence-corrected chi connectivity index (χ0v) is 7.99. The van der Waals surface area contributed by atoms with E-state index in [2.05, 4.69) is 17.1 Å². The third-order valence-electron chi connectivity index (χ3n) is 2.40. The molecule has 0 radical (unpaired) electrons. The molecule has 13 heavy (non-hydrogen) atoms. The molecule has 0 spiro atoms. The molecule has 1 saturated heterocycles. The summed E-state index contributed by atoms with van der Waals surface area (Å²) in [6.07, 6.45) is 1.73. The van der Waals surface area contributed by atoms with Gasteiger partial charge in [-0.15, -0.1) is 0 Å². The van der Waals surface area contributed by atoms with Crippen molar-refractivity contribution in [3.05, 3.63) is 18.4 Å². The van der Waals surface area contributed by atoms with Gasteiger partial charge in [0.1, 0.15) is 0 Å². The molecule has 2 rings (SSSR count). The lowest BCUT2D eigenvalue weighted by molar-refractivity contribution is 0.520. The van der Waals surface area contributed by atoms with Gasteiger partial charge in [0.15, 0.2) is 5.88 Å². The van der Waals surface area contributed by atoms with Gasteiger partial charge in [0, 0.05) is 25.7 Å². The largest absolute Gasteiger partial charge is 0.449 e. The van der Waals surface area contributed by atoms with Crippen LogP contribution >= 0.6 is 0 Å². The van der Waals surface area contributed by atoms with Gasteiger partial charge in [-0.1, -0.05) is 6.92 Å². The second-order valence-electron chi connectivity index (χ2n) is 3.71. The molecule has 0 aliphatic carbocycles. The highest BCUT2D eigenvalue weighted by molar-refractivity contribution is 5.34. The summed E-state index contributed by atoms with van der Waals surface area (Å²) >= 11 is 0. The van der Waals surface area contributed by atoms with Crippen molar-refractivity contribution in [2.75, 3.05) is 31.1 Å². The molecule has 1 aliphatic rings. The Morgan fingerprint density at radius 3 is 3.31 bits per heavy atom. The molecule has 0 saturated carbocycles. The highest BCUT2D eigenvalue weighted by Crippen LogP contribution is 2.16. The Labute approximate surface area is 78.7 Å². The lowest BCUT2D eigenvalue weighted by Crippen LogP contribution is -2.28. The molecule has 72 valence electrons. The first-order valence-corrected chi connectivity index (χ1v) is 4.85. The number of hydrogen-bond donors (Lipinski definition) is 1. The lowest BCUT2D eigenvalue weighted by Gasteiger charge is -2.20. The van der Waals surface area contributed by atoms with Crippen molar-refractivity contribution in [1.29, 1.82) is 0 Å². The Morgan fingerprint density at radius 1 is 1.62 bits per heavy atom. The van der Waals surface area contributed by atoms with Crippen molar-refractivity contribution >= 4 is 5.88 Å². The zero-order valence-electron chi connectivity index (χ0n) is 7.99. The molecule has 1 atom stereocenters. The number of hydrogen-bond acceptors (Lipinski definition) is 3. The molecule has 1 aromatic rings. The van der Waals surface area contributed by atoms with Crippen molar-refractivity contribution in [1.82, 2.24) is 5.32 Å². The minimum atomic E-state index is 0.688. The molecule has 1 aromatic heterocycles. The summed E-state index contributed by atoms with van der Waals surface area (Å²) in [6.45, 7) is 6.54. The SMILES string of the molecule is CC1CNCCN(c2ccco2)C1. The molecule has 0 amide bonds. The van der Waals surface area contributed by atoms with E-state index in [1.165, 1.54) is 0 Å². The third-order valence-corrected chi connectivity index (χ3v) is 2.40. The summed E-state index contributed by atoms with van der Waals surface area (Å²) in [5, 5.41) is 3.41. The number of rotatable bonds is 1. The van der Waals surface area contributed by atoms with E-state index < -0.39 is 0 Å². The van der Waals surface area contributed by atoms with Crippen LogP contribution in [0.3, 0.4) is 0 Å². The maximum atomic E-state index is 5.38. The molecule has 1 fully saturated rings. The normalized spacial score (nSPS) is 24.4. The molecule has 0 bridgehead atoms. The fourth-order valence-corrected chi connectivity index (χ4v) is 1.74. The van der Waals surface area contributed by atoms with Gasteiger partial charge in [-0.2, -0.15) is 0 Å². The number of anilines is 1. The van der Waals surface area contributed by atoms with Crippen molar-refractivity contribution in [2.24, 2.45) is 5.92 Å². The predicted molar refractivity (Wildman–Crippen MR) is 53.0 cm³/mol. The van der Waals surface area contributed by atoms with Gasteiger partial charge in [0.05, 0.1) is 6.26 Å². The van der Waals surface area contributed by atoms with Crippen molar-refractivity contribution in [2.45, 2.75) is 6.92 Å².